The Hall–Kier alpha value is -5.11. The number of amides is 3. The topological polar surface area (TPSA) is 251 Å². The Balaban J connectivity index is 1.61. The van der Waals surface area contributed by atoms with E-state index in [9.17, 15) is 29.4 Å². The molecular weight excluding hydrogens is 544 g/mol. The van der Waals surface area contributed by atoms with E-state index in [0.29, 0.717) is 12.0 Å². The SMILES string of the molecule is NC(N)=NCCCC(NC(=O)CNC(=O)C(N)Cc1ccc(O)cc1)C(=O)NC(Cc1c[nH]c2ccccc12)C(=O)O. The zero-order valence-corrected chi connectivity index (χ0v) is 22.9. The zero-order valence-electron chi connectivity index (χ0n) is 22.9. The summed E-state index contributed by atoms with van der Waals surface area (Å²) in [6.07, 6.45) is 2.28. The van der Waals surface area contributed by atoms with Crippen molar-refractivity contribution in [3.05, 3.63) is 65.9 Å². The number of nitrogens with two attached hydrogens (primary N) is 3. The number of carboxylic acids is 1. The maximum atomic E-state index is 13.2. The van der Waals surface area contributed by atoms with Crippen LogP contribution in [-0.2, 0) is 32.0 Å². The highest BCUT2D eigenvalue weighted by atomic mass is 16.4. The number of carbonyl (C=O) groups is 4. The summed E-state index contributed by atoms with van der Waals surface area (Å²) in [5, 5.41) is 27.5. The second-order valence-electron chi connectivity index (χ2n) is 9.73. The lowest BCUT2D eigenvalue weighted by Crippen LogP contribution is -2.54. The molecule has 1 aromatic heterocycles. The number of hydrogen-bond acceptors (Lipinski definition) is 7. The Morgan fingerprint density at radius 1 is 0.929 bits per heavy atom. The second kappa shape index (κ2) is 15.0. The third kappa shape index (κ3) is 9.52. The molecule has 0 aliphatic rings. The van der Waals surface area contributed by atoms with E-state index < -0.39 is 48.4 Å². The van der Waals surface area contributed by atoms with Crippen LogP contribution in [-0.4, -0.2) is 76.1 Å². The Labute approximate surface area is 241 Å². The van der Waals surface area contributed by atoms with Crippen LogP contribution >= 0.6 is 0 Å². The Kier molecular flexibility index (Phi) is 11.3. The summed E-state index contributed by atoms with van der Waals surface area (Å²) in [6.45, 7) is -0.278. The molecule has 12 N–H and O–H groups in total. The van der Waals surface area contributed by atoms with Gasteiger partial charge in [0.1, 0.15) is 17.8 Å². The number of H-pyrrole nitrogens is 1. The minimum Gasteiger partial charge on any atom is -0.508 e. The first-order chi connectivity index (χ1) is 20.0. The van der Waals surface area contributed by atoms with Crippen molar-refractivity contribution < 1.29 is 29.4 Å². The molecular formula is C28H36N8O6. The predicted octanol–water partition coefficient (Wildman–Crippen LogP) is -0.790. The molecule has 0 aliphatic heterocycles. The number of aliphatic imine (C=N–C) groups is 1. The first kappa shape index (κ1) is 31.4. The van der Waals surface area contributed by atoms with Gasteiger partial charge in [-0.05, 0) is 48.6 Å². The normalized spacial score (nSPS) is 13.0. The van der Waals surface area contributed by atoms with Crippen molar-refractivity contribution in [2.45, 2.75) is 43.8 Å². The molecule has 0 fully saturated rings. The van der Waals surface area contributed by atoms with E-state index in [4.69, 9.17) is 17.2 Å². The standard InChI is InChI=1S/C28H36N8O6/c29-20(12-16-7-9-18(37)10-8-16)25(39)34-15-24(38)35-22(6-3-11-32-28(30)31)26(40)36-23(27(41)42)13-17-14-33-21-5-2-1-4-19(17)21/h1-2,4-5,7-10,14,20,22-23,33,37H,3,6,11-13,15,29H2,(H,34,39)(H,35,38)(H,36,40)(H,41,42)(H4,30,31,32). The Morgan fingerprint density at radius 2 is 1.64 bits per heavy atom. The summed E-state index contributed by atoms with van der Waals surface area (Å²) < 4.78 is 0. The van der Waals surface area contributed by atoms with Crippen molar-refractivity contribution in [1.29, 1.82) is 0 Å². The number of fused-ring (bicyclic) bond motifs is 1. The highest BCUT2D eigenvalue weighted by Gasteiger charge is 2.27. The molecule has 14 heteroatoms. The lowest BCUT2D eigenvalue weighted by atomic mass is 10.0. The van der Waals surface area contributed by atoms with Gasteiger partial charge in [-0.2, -0.15) is 0 Å². The molecule has 3 unspecified atom stereocenters. The lowest BCUT2D eigenvalue weighted by molar-refractivity contribution is -0.142. The van der Waals surface area contributed by atoms with Crippen LogP contribution in [0.4, 0.5) is 0 Å². The van der Waals surface area contributed by atoms with Gasteiger partial charge in [-0.15, -0.1) is 0 Å². The van der Waals surface area contributed by atoms with Gasteiger partial charge in [0.2, 0.25) is 17.7 Å². The zero-order chi connectivity index (χ0) is 30.6. The van der Waals surface area contributed by atoms with Crippen LogP contribution in [0.3, 0.4) is 0 Å². The molecule has 0 radical (unpaired) electrons. The summed E-state index contributed by atoms with van der Waals surface area (Å²) in [6, 6.07) is 10.2. The average Bonchev–Trinajstić information content (AvgIpc) is 3.36. The molecule has 2 aromatic carbocycles. The fourth-order valence-corrected chi connectivity index (χ4v) is 4.29. The highest BCUT2D eigenvalue weighted by Crippen LogP contribution is 2.19. The number of aromatic amines is 1. The first-order valence-corrected chi connectivity index (χ1v) is 13.3. The van der Waals surface area contributed by atoms with Crippen molar-refractivity contribution in [3.63, 3.8) is 0 Å². The molecule has 14 nitrogen and oxygen atoms in total. The van der Waals surface area contributed by atoms with Gasteiger partial charge in [0, 0.05) is 30.1 Å². The van der Waals surface area contributed by atoms with Crippen molar-refractivity contribution in [2.75, 3.05) is 13.1 Å². The van der Waals surface area contributed by atoms with Gasteiger partial charge in [-0.1, -0.05) is 30.3 Å². The van der Waals surface area contributed by atoms with Crippen molar-refractivity contribution >= 4 is 40.6 Å². The van der Waals surface area contributed by atoms with Crippen LogP contribution in [0.1, 0.15) is 24.0 Å². The first-order valence-electron chi connectivity index (χ1n) is 13.3. The number of guanidine groups is 1. The van der Waals surface area contributed by atoms with Crippen LogP contribution < -0.4 is 33.2 Å². The number of carboxylic acid groups (broad SMARTS) is 1. The highest BCUT2D eigenvalue weighted by molar-refractivity contribution is 5.93. The molecule has 3 aromatic rings. The summed E-state index contributed by atoms with van der Waals surface area (Å²) >= 11 is 0. The number of nitrogens with one attached hydrogen (secondary N) is 4. The van der Waals surface area contributed by atoms with E-state index in [-0.39, 0.29) is 37.5 Å². The lowest BCUT2D eigenvalue weighted by Gasteiger charge is -2.22. The smallest absolute Gasteiger partial charge is 0.326 e. The van der Waals surface area contributed by atoms with E-state index >= 15 is 0 Å². The monoisotopic (exact) mass is 580 g/mol. The summed E-state index contributed by atoms with van der Waals surface area (Å²) in [4.78, 5) is 57.3. The number of aromatic nitrogens is 1. The maximum Gasteiger partial charge on any atom is 0.326 e. The van der Waals surface area contributed by atoms with E-state index in [1.165, 1.54) is 12.1 Å². The molecule has 0 bridgehead atoms. The van der Waals surface area contributed by atoms with Gasteiger partial charge in [0.15, 0.2) is 5.96 Å². The largest absolute Gasteiger partial charge is 0.508 e. The van der Waals surface area contributed by atoms with Crippen molar-refractivity contribution in [3.8, 4) is 5.75 Å². The van der Waals surface area contributed by atoms with E-state index in [2.05, 4.69) is 25.9 Å². The van der Waals surface area contributed by atoms with Crippen LogP contribution in [0, 0.1) is 0 Å². The average molecular weight is 581 g/mol. The fraction of sp³-hybridized carbons (Fsp3) is 0.321. The van der Waals surface area contributed by atoms with Crippen LogP contribution in [0.25, 0.3) is 10.9 Å². The number of carbonyl (C=O) groups excluding carboxylic acids is 3. The van der Waals surface area contributed by atoms with Crippen LogP contribution in [0.5, 0.6) is 5.75 Å². The summed E-state index contributed by atoms with van der Waals surface area (Å²) in [5.41, 5.74) is 18.9. The van der Waals surface area contributed by atoms with Gasteiger partial charge in [-0.25, -0.2) is 4.79 Å². The van der Waals surface area contributed by atoms with Gasteiger partial charge < -0.3 is 48.3 Å². The molecule has 0 spiro atoms. The number of nitrogens with zero attached hydrogens (tertiary/aromatic N) is 1. The van der Waals surface area contributed by atoms with E-state index in [0.717, 1.165) is 16.5 Å². The number of phenols is 1. The van der Waals surface area contributed by atoms with Gasteiger partial charge >= 0.3 is 5.97 Å². The Bertz CT molecular complexity index is 1420. The van der Waals surface area contributed by atoms with Crippen LogP contribution in [0.2, 0.25) is 0 Å². The number of benzene rings is 2. The molecule has 3 rings (SSSR count). The predicted molar refractivity (Wildman–Crippen MR) is 156 cm³/mol. The molecule has 0 aliphatic carbocycles. The quantitative estimate of drug-likeness (QED) is 0.0619. The minimum atomic E-state index is -1.27. The number of aromatic hydroxyl groups is 1. The molecule has 3 atom stereocenters. The molecule has 3 amide bonds. The summed E-state index contributed by atoms with van der Waals surface area (Å²) in [7, 11) is 0. The maximum absolute atomic E-state index is 13.2. The number of aliphatic carboxylic acids is 1. The summed E-state index contributed by atoms with van der Waals surface area (Å²) in [5.74, 6) is -3.26. The molecule has 224 valence electrons. The van der Waals surface area contributed by atoms with E-state index in [1.54, 1.807) is 18.3 Å². The third-order valence-corrected chi connectivity index (χ3v) is 6.46. The molecule has 0 saturated heterocycles. The minimum absolute atomic E-state index is 0.00866. The molecule has 0 saturated carbocycles. The second-order valence-corrected chi connectivity index (χ2v) is 9.73. The van der Waals surface area contributed by atoms with Gasteiger partial charge in [0.25, 0.3) is 0 Å². The fourth-order valence-electron chi connectivity index (χ4n) is 4.29. The third-order valence-electron chi connectivity index (χ3n) is 6.46. The number of phenolic OH excluding ortho intramolecular Hbond substituents is 1. The Morgan fingerprint density at radius 3 is 2.33 bits per heavy atom. The molecule has 1 heterocycles. The number of rotatable bonds is 15. The number of para-hydroxylation sites is 1. The van der Waals surface area contributed by atoms with Crippen molar-refractivity contribution in [2.24, 2.45) is 22.2 Å². The number of hydrogen-bond donors (Lipinski definition) is 9. The van der Waals surface area contributed by atoms with Crippen molar-refractivity contribution in [1.82, 2.24) is 20.9 Å². The molecule has 42 heavy (non-hydrogen) atoms. The van der Waals surface area contributed by atoms with Crippen LogP contribution in [0.15, 0.2) is 59.7 Å². The van der Waals surface area contributed by atoms with Gasteiger partial charge in [0.05, 0.1) is 12.6 Å². The van der Waals surface area contributed by atoms with Gasteiger partial charge in [-0.3, -0.25) is 19.4 Å². The van der Waals surface area contributed by atoms with E-state index in [1.807, 2.05) is 24.3 Å².